The number of benzene rings is 1. The predicted molar refractivity (Wildman–Crippen MR) is 147 cm³/mol. The molecule has 9 nitrogen and oxygen atoms in total. The number of morpholine rings is 1. The van der Waals surface area contributed by atoms with Gasteiger partial charge in [0.2, 0.25) is 0 Å². The first-order valence-corrected chi connectivity index (χ1v) is 13.4. The predicted octanol–water partition coefficient (Wildman–Crippen LogP) is 2.26. The Balaban J connectivity index is 0.00000320. The van der Waals surface area contributed by atoms with Crippen molar-refractivity contribution in [2.24, 2.45) is 0 Å². The second-order valence-electron chi connectivity index (χ2n) is 10.4. The Hall–Kier alpha value is -1.88. The van der Waals surface area contributed by atoms with Crippen molar-refractivity contribution >= 4 is 46.7 Å². The molecule has 4 heterocycles. The van der Waals surface area contributed by atoms with Crippen LogP contribution in [-0.4, -0.2) is 121 Å². The van der Waals surface area contributed by atoms with Gasteiger partial charge < -0.3 is 24.8 Å². The molecular weight excluding hydrogens is 515 g/mol. The molecule has 3 saturated heterocycles. The molecule has 11 heteroatoms. The van der Waals surface area contributed by atoms with E-state index in [1.54, 1.807) is 12.1 Å². The highest BCUT2D eigenvalue weighted by atomic mass is 35.5. The van der Waals surface area contributed by atoms with Crippen molar-refractivity contribution in [3.05, 3.63) is 35.0 Å². The maximum Gasteiger partial charge on any atom is 0.269 e. The van der Waals surface area contributed by atoms with Crippen LogP contribution >= 0.6 is 24.0 Å². The summed E-state index contributed by atoms with van der Waals surface area (Å²) in [7, 11) is 2.18. The van der Waals surface area contributed by atoms with Crippen molar-refractivity contribution < 1.29 is 14.3 Å². The zero-order valence-electron chi connectivity index (χ0n) is 21.7. The SMILES string of the molecule is CN1CCC(N2CCN(C(=O)[C@@](C)(NC(=O)c3cc4cc(Cl)ccc4[nH]3)N3CCOCC3)CC2)CC1.Cl. The zero-order valence-corrected chi connectivity index (χ0v) is 23.2. The summed E-state index contributed by atoms with van der Waals surface area (Å²) in [6.45, 7) is 9.42. The van der Waals surface area contributed by atoms with Crippen LogP contribution in [0.3, 0.4) is 0 Å². The molecule has 0 aliphatic carbocycles. The highest BCUT2D eigenvalue weighted by Gasteiger charge is 2.45. The first-order chi connectivity index (χ1) is 17.3. The Labute approximate surface area is 229 Å². The summed E-state index contributed by atoms with van der Waals surface area (Å²) in [5, 5.41) is 4.56. The minimum absolute atomic E-state index is 0. The average Bonchev–Trinajstić information content (AvgIpc) is 3.33. The fourth-order valence-electron chi connectivity index (χ4n) is 5.75. The van der Waals surface area contributed by atoms with E-state index in [9.17, 15) is 9.59 Å². The Morgan fingerprint density at radius 3 is 2.38 bits per heavy atom. The molecule has 0 bridgehead atoms. The molecule has 1 atom stereocenters. The number of rotatable bonds is 5. The van der Waals surface area contributed by atoms with E-state index in [4.69, 9.17) is 16.3 Å². The lowest BCUT2D eigenvalue weighted by molar-refractivity contribution is -0.151. The number of fused-ring (bicyclic) bond motifs is 1. The molecule has 2 N–H and O–H groups in total. The summed E-state index contributed by atoms with van der Waals surface area (Å²) in [5.41, 5.74) is 0.0755. The van der Waals surface area contributed by atoms with E-state index in [-0.39, 0.29) is 24.2 Å². The maximum atomic E-state index is 14.0. The molecule has 3 aliphatic heterocycles. The average molecular weight is 554 g/mol. The number of ether oxygens (including phenoxy) is 1. The van der Waals surface area contributed by atoms with Gasteiger partial charge in [-0.1, -0.05) is 11.6 Å². The number of piperidine rings is 1. The molecule has 5 rings (SSSR count). The van der Waals surface area contributed by atoms with Crippen LogP contribution in [0.25, 0.3) is 10.9 Å². The second kappa shape index (κ2) is 11.9. The largest absolute Gasteiger partial charge is 0.379 e. The number of carbonyl (C=O) groups is 2. The zero-order chi connectivity index (χ0) is 25.3. The van der Waals surface area contributed by atoms with E-state index in [2.05, 4.69) is 27.1 Å². The topological polar surface area (TPSA) is 84.2 Å². The summed E-state index contributed by atoms with van der Waals surface area (Å²) < 4.78 is 5.54. The van der Waals surface area contributed by atoms with Crippen molar-refractivity contribution in [1.29, 1.82) is 0 Å². The van der Waals surface area contributed by atoms with Gasteiger partial charge in [-0.05, 0) is 64.2 Å². The fourth-order valence-corrected chi connectivity index (χ4v) is 5.93. The van der Waals surface area contributed by atoms with Crippen molar-refractivity contribution in [1.82, 2.24) is 29.9 Å². The molecular formula is C26H38Cl2N6O3. The third-order valence-corrected chi connectivity index (χ3v) is 8.29. The van der Waals surface area contributed by atoms with Crippen molar-refractivity contribution in [2.75, 3.05) is 72.6 Å². The van der Waals surface area contributed by atoms with Crippen LogP contribution in [0.4, 0.5) is 0 Å². The van der Waals surface area contributed by atoms with Gasteiger partial charge in [0.15, 0.2) is 5.66 Å². The summed E-state index contributed by atoms with van der Waals surface area (Å²) in [6.07, 6.45) is 2.36. The molecule has 0 radical (unpaired) electrons. The highest BCUT2D eigenvalue weighted by Crippen LogP contribution is 2.24. The number of hydrogen-bond acceptors (Lipinski definition) is 6. The smallest absolute Gasteiger partial charge is 0.269 e. The number of piperazine rings is 1. The van der Waals surface area contributed by atoms with E-state index in [1.807, 2.05) is 28.9 Å². The van der Waals surface area contributed by atoms with Crippen LogP contribution in [0.5, 0.6) is 0 Å². The Bertz CT molecular complexity index is 1090. The summed E-state index contributed by atoms with van der Waals surface area (Å²) >= 11 is 6.12. The van der Waals surface area contributed by atoms with Crippen LogP contribution in [0.15, 0.2) is 24.3 Å². The van der Waals surface area contributed by atoms with Gasteiger partial charge in [-0.15, -0.1) is 12.4 Å². The number of carbonyl (C=O) groups excluding carboxylic acids is 2. The number of halogens is 2. The van der Waals surface area contributed by atoms with Gasteiger partial charge in [0.1, 0.15) is 5.69 Å². The highest BCUT2D eigenvalue weighted by molar-refractivity contribution is 6.31. The number of likely N-dealkylation sites (tertiary alicyclic amines) is 1. The van der Waals surface area contributed by atoms with Crippen LogP contribution in [0.1, 0.15) is 30.3 Å². The number of amides is 2. The van der Waals surface area contributed by atoms with Gasteiger partial charge in [0.25, 0.3) is 11.8 Å². The van der Waals surface area contributed by atoms with Gasteiger partial charge in [-0.2, -0.15) is 0 Å². The number of nitrogens with zero attached hydrogens (tertiary/aromatic N) is 4. The van der Waals surface area contributed by atoms with Gasteiger partial charge in [-0.25, -0.2) is 0 Å². The van der Waals surface area contributed by atoms with Gasteiger partial charge in [-0.3, -0.25) is 19.4 Å². The van der Waals surface area contributed by atoms with Gasteiger partial charge >= 0.3 is 0 Å². The molecule has 0 spiro atoms. The lowest BCUT2D eigenvalue weighted by Gasteiger charge is -2.47. The second-order valence-corrected chi connectivity index (χ2v) is 10.8. The van der Waals surface area contributed by atoms with Crippen molar-refractivity contribution in [2.45, 2.75) is 31.5 Å². The fraction of sp³-hybridized carbons (Fsp3) is 0.615. The van der Waals surface area contributed by atoms with E-state index < -0.39 is 5.66 Å². The van der Waals surface area contributed by atoms with E-state index in [1.165, 1.54) is 12.8 Å². The summed E-state index contributed by atoms with van der Waals surface area (Å²) in [5.74, 6) is -0.366. The van der Waals surface area contributed by atoms with Crippen LogP contribution < -0.4 is 5.32 Å². The number of nitrogens with one attached hydrogen (secondary N) is 2. The van der Waals surface area contributed by atoms with E-state index in [0.717, 1.165) is 37.1 Å². The standard InChI is InChI=1S/C26H37ClN6O3.ClH/c1-26(33-13-15-36-16-14-33,29-24(34)23-18-19-17-20(27)3-4-22(19)28-23)25(35)32-11-9-31(10-12-32)21-5-7-30(2)8-6-21;/h3-4,17-18,21,28H,5-16H2,1-2H3,(H,29,34);1H/t26-;/m0./s1. The minimum atomic E-state index is -1.16. The normalized spacial score (nSPS) is 22.4. The Morgan fingerprint density at radius 2 is 1.70 bits per heavy atom. The third-order valence-electron chi connectivity index (χ3n) is 8.05. The molecule has 0 unspecified atom stereocenters. The lowest BCUT2D eigenvalue weighted by Crippen LogP contribution is -2.70. The molecule has 2 aromatic rings. The molecule has 1 aromatic heterocycles. The lowest BCUT2D eigenvalue weighted by atomic mass is 10.0. The first-order valence-electron chi connectivity index (χ1n) is 13.0. The molecule has 3 aliphatic rings. The number of aromatic nitrogens is 1. The van der Waals surface area contributed by atoms with Crippen LogP contribution in [0.2, 0.25) is 5.02 Å². The monoisotopic (exact) mass is 552 g/mol. The summed E-state index contributed by atoms with van der Waals surface area (Å²) in [4.78, 5) is 39.5. The number of hydrogen-bond donors (Lipinski definition) is 2. The third kappa shape index (κ3) is 6.08. The van der Waals surface area contributed by atoms with Crippen LogP contribution in [0, 0.1) is 0 Å². The van der Waals surface area contributed by atoms with E-state index in [0.29, 0.717) is 56.2 Å². The van der Waals surface area contributed by atoms with Crippen molar-refractivity contribution in [3.8, 4) is 0 Å². The number of aromatic amines is 1. The molecule has 1 aromatic carbocycles. The first kappa shape index (κ1) is 28.1. The molecule has 2 amide bonds. The number of H-pyrrole nitrogens is 1. The van der Waals surface area contributed by atoms with Gasteiger partial charge in [0, 0.05) is 61.2 Å². The van der Waals surface area contributed by atoms with Crippen LogP contribution in [-0.2, 0) is 9.53 Å². The van der Waals surface area contributed by atoms with E-state index >= 15 is 0 Å². The summed E-state index contributed by atoms with van der Waals surface area (Å²) in [6, 6.07) is 7.83. The minimum Gasteiger partial charge on any atom is -0.379 e. The quantitative estimate of drug-likeness (QED) is 0.592. The molecule has 37 heavy (non-hydrogen) atoms. The maximum absolute atomic E-state index is 14.0. The van der Waals surface area contributed by atoms with Gasteiger partial charge in [0.05, 0.1) is 13.2 Å². The Morgan fingerprint density at radius 1 is 1.03 bits per heavy atom. The Kier molecular flexibility index (Phi) is 9.04. The van der Waals surface area contributed by atoms with Crippen molar-refractivity contribution in [3.63, 3.8) is 0 Å². The molecule has 3 fully saturated rings. The molecule has 204 valence electrons. The molecule has 0 saturated carbocycles.